The van der Waals surface area contributed by atoms with Gasteiger partial charge in [0.2, 0.25) is 5.91 Å². The number of rotatable bonds is 8. The fourth-order valence-electron chi connectivity index (χ4n) is 2.96. The highest BCUT2D eigenvalue weighted by Gasteiger charge is 2.16. The molecule has 1 amide bonds. The van der Waals surface area contributed by atoms with Gasteiger partial charge in [-0.3, -0.25) is 9.59 Å². The SMILES string of the molecule is CCOC(=O)CC1=CC(SCC(=O)Nc2cc(OC)ccc2OC)=Nc2ccccc2N1. The average Bonchev–Trinajstić information content (AvgIpc) is 2.96. The molecule has 0 spiro atoms. The second kappa shape index (κ2) is 11.2. The molecule has 0 bridgehead atoms. The van der Waals surface area contributed by atoms with Crippen molar-refractivity contribution in [1.29, 1.82) is 0 Å². The molecule has 1 aliphatic heterocycles. The van der Waals surface area contributed by atoms with Crippen LogP contribution in [0.4, 0.5) is 17.1 Å². The van der Waals surface area contributed by atoms with Crippen molar-refractivity contribution >= 4 is 45.7 Å². The van der Waals surface area contributed by atoms with Crippen molar-refractivity contribution in [2.75, 3.05) is 37.2 Å². The number of thioether (sulfide) groups is 1. The number of carbonyl (C=O) groups excluding carboxylic acids is 2. The largest absolute Gasteiger partial charge is 0.497 e. The topological polar surface area (TPSA) is 98.3 Å². The zero-order valence-corrected chi connectivity index (χ0v) is 19.0. The minimum absolute atomic E-state index is 0.0783. The molecule has 1 aliphatic rings. The summed E-state index contributed by atoms with van der Waals surface area (Å²) >= 11 is 1.27. The van der Waals surface area contributed by atoms with E-state index in [2.05, 4.69) is 15.6 Å². The molecule has 0 radical (unpaired) electrons. The number of amides is 1. The zero-order chi connectivity index (χ0) is 22.9. The van der Waals surface area contributed by atoms with Gasteiger partial charge < -0.3 is 24.8 Å². The number of ether oxygens (including phenoxy) is 3. The molecule has 0 aromatic heterocycles. The first-order chi connectivity index (χ1) is 15.5. The summed E-state index contributed by atoms with van der Waals surface area (Å²) in [6, 6.07) is 12.7. The summed E-state index contributed by atoms with van der Waals surface area (Å²) in [5.74, 6) is 0.694. The van der Waals surface area contributed by atoms with Crippen LogP contribution >= 0.6 is 11.8 Å². The van der Waals surface area contributed by atoms with Gasteiger partial charge in [0.25, 0.3) is 0 Å². The Morgan fingerprint density at radius 3 is 2.69 bits per heavy atom. The number of nitrogens with one attached hydrogen (secondary N) is 2. The highest BCUT2D eigenvalue weighted by atomic mass is 32.2. The first-order valence-corrected chi connectivity index (χ1v) is 11.0. The molecule has 3 rings (SSSR count). The number of fused-ring (bicyclic) bond motifs is 1. The van der Waals surface area contributed by atoms with Gasteiger partial charge in [0.15, 0.2) is 0 Å². The smallest absolute Gasteiger partial charge is 0.311 e. The van der Waals surface area contributed by atoms with E-state index in [4.69, 9.17) is 14.2 Å². The second-order valence-corrected chi connectivity index (χ2v) is 7.64. The molecule has 0 atom stereocenters. The van der Waals surface area contributed by atoms with Gasteiger partial charge >= 0.3 is 5.97 Å². The van der Waals surface area contributed by atoms with Crippen LogP contribution in [0.1, 0.15) is 13.3 Å². The van der Waals surface area contributed by atoms with Crippen molar-refractivity contribution < 1.29 is 23.8 Å². The van der Waals surface area contributed by atoms with E-state index in [9.17, 15) is 9.59 Å². The first-order valence-electron chi connectivity index (χ1n) is 9.98. The number of benzene rings is 2. The van der Waals surface area contributed by atoms with Gasteiger partial charge in [0.1, 0.15) is 11.5 Å². The maximum absolute atomic E-state index is 12.6. The number of hydrogen-bond acceptors (Lipinski definition) is 8. The first kappa shape index (κ1) is 23.2. The summed E-state index contributed by atoms with van der Waals surface area (Å²) in [7, 11) is 3.09. The van der Waals surface area contributed by atoms with Crippen molar-refractivity contribution in [3.8, 4) is 11.5 Å². The van der Waals surface area contributed by atoms with Crippen LogP contribution in [0.2, 0.25) is 0 Å². The lowest BCUT2D eigenvalue weighted by Crippen LogP contribution is -2.16. The molecule has 1 heterocycles. The number of aliphatic imine (C=N–C) groups is 1. The molecule has 0 saturated carbocycles. The highest BCUT2D eigenvalue weighted by Crippen LogP contribution is 2.32. The van der Waals surface area contributed by atoms with Crippen molar-refractivity contribution in [2.24, 2.45) is 4.99 Å². The maximum Gasteiger partial charge on any atom is 0.311 e. The Balaban J connectivity index is 1.73. The summed E-state index contributed by atoms with van der Waals surface area (Å²) in [5, 5.41) is 6.68. The lowest BCUT2D eigenvalue weighted by molar-refractivity contribution is -0.142. The average molecular weight is 456 g/mol. The number of anilines is 2. The van der Waals surface area contributed by atoms with E-state index in [1.807, 2.05) is 24.3 Å². The predicted octanol–water partition coefficient (Wildman–Crippen LogP) is 4.37. The van der Waals surface area contributed by atoms with Crippen molar-refractivity contribution in [2.45, 2.75) is 13.3 Å². The minimum Gasteiger partial charge on any atom is -0.497 e. The lowest BCUT2D eigenvalue weighted by Gasteiger charge is -2.11. The Kier molecular flexibility index (Phi) is 8.15. The summed E-state index contributed by atoms with van der Waals surface area (Å²) in [5.41, 5.74) is 2.67. The van der Waals surface area contributed by atoms with Gasteiger partial charge in [-0.25, -0.2) is 4.99 Å². The Morgan fingerprint density at radius 2 is 1.94 bits per heavy atom. The Labute approximate surface area is 191 Å². The third-order valence-electron chi connectivity index (χ3n) is 4.40. The number of nitrogens with zero attached hydrogens (tertiary/aromatic N) is 1. The molecule has 2 aromatic carbocycles. The van der Waals surface area contributed by atoms with E-state index < -0.39 is 0 Å². The third-order valence-corrected chi connectivity index (χ3v) is 5.31. The molecule has 8 nitrogen and oxygen atoms in total. The summed E-state index contributed by atoms with van der Waals surface area (Å²) in [4.78, 5) is 29.2. The van der Waals surface area contributed by atoms with E-state index in [1.165, 1.54) is 18.9 Å². The van der Waals surface area contributed by atoms with Gasteiger partial charge in [0, 0.05) is 11.8 Å². The van der Waals surface area contributed by atoms with Crippen LogP contribution in [-0.4, -0.2) is 43.5 Å². The third kappa shape index (κ3) is 6.27. The second-order valence-electron chi connectivity index (χ2n) is 6.65. The van der Waals surface area contributed by atoms with Gasteiger partial charge in [-0.15, -0.1) is 0 Å². The van der Waals surface area contributed by atoms with Crippen molar-refractivity contribution in [1.82, 2.24) is 0 Å². The Morgan fingerprint density at radius 1 is 1.12 bits per heavy atom. The molecule has 0 aliphatic carbocycles. The number of esters is 1. The van der Waals surface area contributed by atoms with E-state index >= 15 is 0 Å². The molecule has 9 heteroatoms. The van der Waals surface area contributed by atoms with E-state index in [0.717, 1.165) is 11.4 Å². The quantitative estimate of drug-likeness (QED) is 0.571. The van der Waals surface area contributed by atoms with Crippen LogP contribution in [-0.2, 0) is 14.3 Å². The molecular weight excluding hydrogens is 430 g/mol. The van der Waals surface area contributed by atoms with Gasteiger partial charge in [-0.2, -0.15) is 0 Å². The number of carbonyl (C=O) groups is 2. The van der Waals surface area contributed by atoms with Crippen molar-refractivity contribution in [3.05, 3.63) is 54.2 Å². The normalized spacial score (nSPS) is 12.3. The van der Waals surface area contributed by atoms with Gasteiger partial charge in [-0.05, 0) is 37.3 Å². The number of methoxy groups -OCH3 is 2. The van der Waals surface area contributed by atoms with E-state index in [1.54, 1.807) is 38.3 Å². The van der Waals surface area contributed by atoms with Crippen LogP contribution < -0.4 is 20.1 Å². The Hall–Kier alpha value is -3.46. The van der Waals surface area contributed by atoms with Gasteiger partial charge in [0.05, 0.1) is 55.1 Å². The van der Waals surface area contributed by atoms with Crippen LogP contribution in [0.3, 0.4) is 0 Å². The van der Waals surface area contributed by atoms with E-state index in [-0.39, 0.29) is 24.1 Å². The van der Waals surface area contributed by atoms with Crippen LogP contribution in [0.25, 0.3) is 0 Å². The van der Waals surface area contributed by atoms with Crippen molar-refractivity contribution in [3.63, 3.8) is 0 Å². The number of hydrogen-bond donors (Lipinski definition) is 2. The summed E-state index contributed by atoms with van der Waals surface area (Å²) < 4.78 is 15.6. The van der Waals surface area contributed by atoms with Crippen LogP contribution in [0, 0.1) is 0 Å². The monoisotopic (exact) mass is 455 g/mol. The summed E-state index contributed by atoms with van der Waals surface area (Å²) in [6.45, 7) is 2.08. The minimum atomic E-state index is -0.335. The standard InChI is InChI=1S/C23H25N3O5S/c1-4-31-23(28)12-15-11-22(26-18-8-6-5-7-17(18)24-15)32-14-21(27)25-19-13-16(29-2)9-10-20(19)30-3/h5-11,13,24H,4,12,14H2,1-3H3,(H,25,27). The molecule has 0 saturated heterocycles. The molecule has 2 aromatic rings. The molecule has 2 N–H and O–H groups in total. The lowest BCUT2D eigenvalue weighted by atomic mass is 10.2. The fourth-order valence-corrected chi connectivity index (χ4v) is 3.70. The number of para-hydroxylation sites is 2. The molecule has 0 fully saturated rings. The summed E-state index contributed by atoms with van der Waals surface area (Å²) in [6.07, 6.45) is 1.84. The predicted molar refractivity (Wildman–Crippen MR) is 127 cm³/mol. The molecular formula is C23H25N3O5S. The van der Waals surface area contributed by atoms with Crippen LogP contribution in [0.5, 0.6) is 11.5 Å². The zero-order valence-electron chi connectivity index (χ0n) is 18.1. The van der Waals surface area contributed by atoms with Gasteiger partial charge in [-0.1, -0.05) is 23.9 Å². The maximum atomic E-state index is 12.6. The molecule has 0 unspecified atom stereocenters. The highest BCUT2D eigenvalue weighted by molar-refractivity contribution is 8.14. The molecule has 32 heavy (non-hydrogen) atoms. The Bertz CT molecular complexity index is 1050. The van der Waals surface area contributed by atoms with E-state index in [0.29, 0.717) is 34.5 Å². The fraction of sp³-hybridized carbons (Fsp3) is 0.261. The molecule has 168 valence electrons. The van der Waals surface area contributed by atoms with Crippen LogP contribution in [0.15, 0.2) is 59.2 Å².